The van der Waals surface area contributed by atoms with Crippen LogP contribution >= 0.6 is 11.3 Å². The van der Waals surface area contributed by atoms with Gasteiger partial charge < -0.3 is 5.73 Å². The van der Waals surface area contributed by atoms with Gasteiger partial charge in [-0.05, 0) is 37.6 Å². The first-order valence-electron chi connectivity index (χ1n) is 7.25. The third kappa shape index (κ3) is 2.87. The quantitative estimate of drug-likeness (QED) is 0.868. The van der Waals surface area contributed by atoms with Crippen LogP contribution in [0.3, 0.4) is 0 Å². The normalized spacial score (nSPS) is 13.3. The van der Waals surface area contributed by atoms with E-state index in [0.29, 0.717) is 12.6 Å². The van der Waals surface area contributed by atoms with Crippen molar-refractivity contribution in [2.45, 2.75) is 46.3 Å². The summed E-state index contributed by atoms with van der Waals surface area (Å²) in [6.07, 6.45) is 1.09. The molecule has 1 heterocycles. The largest absolute Gasteiger partial charge is 0.326 e. The zero-order valence-corrected chi connectivity index (χ0v) is 13.3. The summed E-state index contributed by atoms with van der Waals surface area (Å²) in [4.78, 5) is 3.49. The van der Waals surface area contributed by atoms with Gasteiger partial charge in [0, 0.05) is 34.1 Å². The Morgan fingerprint density at radius 1 is 1.35 bits per heavy atom. The Balaban J connectivity index is 2.46. The third-order valence-corrected chi connectivity index (χ3v) is 5.23. The highest BCUT2D eigenvalue weighted by Gasteiger charge is 2.18. The van der Waals surface area contributed by atoms with Gasteiger partial charge in [-0.2, -0.15) is 0 Å². The monoisotopic (exact) mass is 294 g/mol. The lowest BCUT2D eigenvalue weighted by Gasteiger charge is -2.27. The Bertz CT molecular complexity index is 579. The van der Waals surface area contributed by atoms with Crippen molar-refractivity contribution in [3.8, 4) is 0 Å². The van der Waals surface area contributed by atoms with E-state index in [4.69, 9.17) is 5.73 Å². The number of benzene rings is 1. The van der Waals surface area contributed by atoms with Crippen molar-refractivity contribution >= 4 is 21.4 Å². The van der Waals surface area contributed by atoms with Gasteiger partial charge in [0.1, 0.15) is 5.82 Å². The first-order valence-corrected chi connectivity index (χ1v) is 8.06. The van der Waals surface area contributed by atoms with Gasteiger partial charge in [0.2, 0.25) is 0 Å². The molecule has 1 aromatic carbocycles. The molecule has 0 aliphatic rings. The van der Waals surface area contributed by atoms with Crippen LogP contribution in [0.2, 0.25) is 0 Å². The minimum Gasteiger partial charge on any atom is -0.326 e. The molecule has 2 nitrogen and oxygen atoms in total. The lowest BCUT2D eigenvalue weighted by molar-refractivity contribution is 0.206. The predicted molar refractivity (Wildman–Crippen MR) is 85.5 cm³/mol. The molecule has 1 atom stereocenters. The van der Waals surface area contributed by atoms with Crippen molar-refractivity contribution in [2.24, 2.45) is 5.73 Å². The maximum absolute atomic E-state index is 14.2. The average Bonchev–Trinajstić information content (AvgIpc) is 2.82. The zero-order chi connectivity index (χ0) is 14.7. The molecule has 4 heteroatoms. The van der Waals surface area contributed by atoms with Crippen LogP contribution in [0, 0.1) is 5.82 Å². The predicted octanol–water partition coefficient (Wildman–Crippen LogP) is 4.12. The Morgan fingerprint density at radius 3 is 2.70 bits per heavy atom. The van der Waals surface area contributed by atoms with E-state index in [1.807, 2.05) is 6.07 Å². The lowest BCUT2D eigenvalue weighted by Crippen LogP contribution is -2.32. The highest BCUT2D eigenvalue weighted by molar-refractivity contribution is 7.19. The molecule has 20 heavy (non-hydrogen) atoms. The number of hydrogen-bond donors (Lipinski definition) is 1. The summed E-state index contributed by atoms with van der Waals surface area (Å²) in [5.41, 5.74) is 6.94. The van der Waals surface area contributed by atoms with E-state index in [2.05, 4.69) is 25.7 Å². The summed E-state index contributed by atoms with van der Waals surface area (Å²) in [5, 5.41) is 0.764. The number of halogens is 1. The molecule has 0 radical (unpaired) electrons. The molecule has 0 saturated heterocycles. The molecule has 2 rings (SSSR count). The van der Waals surface area contributed by atoms with E-state index < -0.39 is 0 Å². The number of rotatable bonds is 6. The molecular formula is C16H23FN2S. The van der Waals surface area contributed by atoms with Crippen LogP contribution in [-0.4, -0.2) is 17.5 Å². The van der Waals surface area contributed by atoms with Crippen LogP contribution in [0.25, 0.3) is 10.1 Å². The summed E-state index contributed by atoms with van der Waals surface area (Å²) >= 11 is 1.62. The van der Waals surface area contributed by atoms with Crippen molar-refractivity contribution < 1.29 is 4.39 Å². The molecule has 0 saturated carbocycles. The summed E-state index contributed by atoms with van der Waals surface area (Å²) in [7, 11) is 0. The van der Waals surface area contributed by atoms with E-state index in [0.717, 1.165) is 40.0 Å². The van der Waals surface area contributed by atoms with Crippen molar-refractivity contribution in [1.82, 2.24) is 4.90 Å². The second-order valence-corrected chi connectivity index (χ2v) is 6.28. The van der Waals surface area contributed by atoms with Crippen molar-refractivity contribution in [2.75, 3.05) is 6.54 Å². The first kappa shape index (κ1) is 15.4. The molecule has 0 bridgehead atoms. The standard InChI is InChI=1S/C16H23FN2S/c1-4-11(3)19(5-2)10-12-15(9-18)20-14-8-6-7-13(17)16(12)14/h6-8,11H,4-5,9-10,18H2,1-3H3. The Hall–Kier alpha value is -0.970. The summed E-state index contributed by atoms with van der Waals surface area (Å²) in [6, 6.07) is 5.78. The highest BCUT2D eigenvalue weighted by Crippen LogP contribution is 2.34. The van der Waals surface area contributed by atoms with Gasteiger partial charge in [-0.15, -0.1) is 11.3 Å². The lowest BCUT2D eigenvalue weighted by atomic mass is 10.1. The molecule has 0 aliphatic carbocycles. The number of hydrogen-bond acceptors (Lipinski definition) is 3. The molecule has 0 spiro atoms. The fourth-order valence-corrected chi connectivity index (χ4v) is 3.70. The van der Waals surface area contributed by atoms with Gasteiger partial charge in [-0.1, -0.05) is 19.9 Å². The van der Waals surface area contributed by atoms with E-state index in [1.54, 1.807) is 23.5 Å². The maximum Gasteiger partial charge on any atom is 0.132 e. The van der Waals surface area contributed by atoms with Crippen LogP contribution in [0.1, 0.15) is 37.6 Å². The Labute approximate surface area is 124 Å². The smallest absolute Gasteiger partial charge is 0.132 e. The van der Waals surface area contributed by atoms with E-state index in [-0.39, 0.29) is 5.82 Å². The Morgan fingerprint density at radius 2 is 2.10 bits per heavy atom. The number of nitrogens with zero attached hydrogens (tertiary/aromatic N) is 1. The van der Waals surface area contributed by atoms with Gasteiger partial charge in [-0.3, -0.25) is 4.90 Å². The van der Waals surface area contributed by atoms with Crippen molar-refractivity contribution in [3.05, 3.63) is 34.5 Å². The van der Waals surface area contributed by atoms with Crippen LogP contribution in [0.15, 0.2) is 18.2 Å². The fourth-order valence-electron chi connectivity index (χ4n) is 2.59. The van der Waals surface area contributed by atoms with Crippen LogP contribution in [0.5, 0.6) is 0 Å². The molecule has 2 aromatic rings. The van der Waals surface area contributed by atoms with Gasteiger partial charge in [0.05, 0.1) is 0 Å². The molecule has 0 aliphatic heterocycles. The fraction of sp³-hybridized carbons (Fsp3) is 0.500. The van der Waals surface area contributed by atoms with Crippen molar-refractivity contribution in [1.29, 1.82) is 0 Å². The minimum atomic E-state index is -0.131. The number of thiophene rings is 1. The SMILES string of the molecule is CCC(C)N(CC)Cc1c(CN)sc2cccc(F)c12. The molecule has 1 aromatic heterocycles. The highest BCUT2D eigenvalue weighted by atomic mass is 32.1. The number of fused-ring (bicyclic) bond motifs is 1. The van der Waals surface area contributed by atoms with Gasteiger partial charge in [-0.25, -0.2) is 4.39 Å². The van der Waals surface area contributed by atoms with Crippen molar-refractivity contribution in [3.63, 3.8) is 0 Å². The Kier molecular flexibility index (Phi) is 5.13. The van der Waals surface area contributed by atoms with E-state index >= 15 is 0 Å². The molecule has 0 amide bonds. The van der Waals surface area contributed by atoms with E-state index in [9.17, 15) is 4.39 Å². The summed E-state index contributed by atoms with van der Waals surface area (Å²) in [5.74, 6) is -0.131. The molecule has 110 valence electrons. The van der Waals surface area contributed by atoms with Gasteiger partial charge in [0.15, 0.2) is 0 Å². The first-order chi connectivity index (χ1) is 9.62. The number of nitrogens with two attached hydrogens (primary N) is 1. The molecule has 1 unspecified atom stereocenters. The van der Waals surface area contributed by atoms with E-state index in [1.165, 1.54) is 0 Å². The summed E-state index contributed by atoms with van der Waals surface area (Å²) < 4.78 is 15.2. The zero-order valence-electron chi connectivity index (χ0n) is 12.4. The average molecular weight is 294 g/mol. The topological polar surface area (TPSA) is 29.3 Å². The summed E-state index contributed by atoms with van der Waals surface area (Å²) in [6.45, 7) is 8.77. The second-order valence-electron chi connectivity index (χ2n) is 5.14. The molecular weight excluding hydrogens is 271 g/mol. The third-order valence-electron chi connectivity index (χ3n) is 4.01. The van der Waals surface area contributed by atoms with Gasteiger partial charge in [0.25, 0.3) is 0 Å². The van der Waals surface area contributed by atoms with Crippen LogP contribution in [0.4, 0.5) is 4.39 Å². The second kappa shape index (κ2) is 6.66. The van der Waals surface area contributed by atoms with Gasteiger partial charge >= 0.3 is 0 Å². The molecule has 2 N–H and O–H groups in total. The maximum atomic E-state index is 14.2. The van der Waals surface area contributed by atoms with Crippen LogP contribution in [-0.2, 0) is 13.1 Å². The minimum absolute atomic E-state index is 0.131. The molecule has 0 fully saturated rings. The van der Waals surface area contributed by atoms with Crippen LogP contribution < -0.4 is 5.73 Å².